The molecule has 3 N–H and O–H groups in total. The predicted molar refractivity (Wildman–Crippen MR) is 62.9 cm³/mol. The Morgan fingerprint density at radius 2 is 1.87 bits per heavy atom. The molecule has 0 aliphatic carbocycles. The van der Waals surface area contributed by atoms with E-state index in [0.717, 1.165) is 17.2 Å². The van der Waals surface area contributed by atoms with Gasteiger partial charge in [0.05, 0.1) is 0 Å². The zero-order valence-corrected chi connectivity index (χ0v) is 10.00. The van der Waals surface area contributed by atoms with Gasteiger partial charge in [-0.2, -0.15) is 0 Å². The number of aryl methyl sites for hydroxylation is 1. The van der Waals surface area contributed by atoms with Crippen LogP contribution in [0.4, 0.5) is 11.6 Å². The third-order valence-corrected chi connectivity index (χ3v) is 2.48. The van der Waals surface area contributed by atoms with Gasteiger partial charge in [-0.25, -0.2) is 15.8 Å². The maximum atomic E-state index is 5.41. The highest BCUT2D eigenvalue weighted by Crippen LogP contribution is 2.23. The minimum Gasteiger partial charge on any atom is -0.357 e. The number of aromatic nitrogens is 2. The Hall–Kier alpha value is -1.36. The van der Waals surface area contributed by atoms with E-state index < -0.39 is 0 Å². The molecule has 0 radical (unpaired) electrons. The van der Waals surface area contributed by atoms with Gasteiger partial charge in [0, 0.05) is 18.7 Å². The lowest BCUT2D eigenvalue weighted by Gasteiger charge is -2.25. The van der Waals surface area contributed by atoms with Gasteiger partial charge in [-0.15, -0.1) is 0 Å². The van der Waals surface area contributed by atoms with Crippen molar-refractivity contribution in [1.82, 2.24) is 9.97 Å². The highest BCUT2D eigenvalue weighted by Gasteiger charge is 2.13. The van der Waals surface area contributed by atoms with Crippen LogP contribution in [-0.4, -0.2) is 23.1 Å². The number of nitrogens with one attached hydrogen (secondary N) is 1. The third kappa shape index (κ3) is 2.36. The summed E-state index contributed by atoms with van der Waals surface area (Å²) in [7, 11) is 2.01. The summed E-state index contributed by atoms with van der Waals surface area (Å²) in [5, 5.41) is 0. The van der Waals surface area contributed by atoms with Gasteiger partial charge >= 0.3 is 0 Å². The summed E-state index contributed by atoms with van der Waals surface area (Å²) in [5.41, 5.74) is 3.56. The zero-order valence-electron chi connectivity index (χ0n) is 10.00. The zero-order chi connectivity index (χ0) is 11.6. The molecule has 5 nitrogen and oxygen atoms in total. The number of hydrogen-bond donors (Lipinski definition) is 2. The maximum absolute atomic E-state index is 5.41. The molecule has 0 fully saturated rings. The van der Waals surface area contributed by atoms with Crippen molar-refractivity contribution >= 4 is 11.6 Å². The summed E-state index contributed by atoms with van der Waals surface area (Å²) < 4.78 is 0. The van der Waals surface area contributed by atoms with E-state index in [9.17, 15) is 0 Å². The standard InChI is InChI=1S/C10H19N5/c1-6(2)15(5)10-7(3)9(14-11)12-8(4)13-10/h6H,11H2,1-5H3,(H,12,13,14). The molecule has 0 amide bonds. The number of nitrogen functional groups attached to an aromatic ring is 1. The van der Waals surface area contributed by atoms with Crippen molar-refractivity contribution in [1.29, 1.82) is 0 Å². The molecule has 0 aliphatic heterocycles. The molecular weight excluding hydrogens is 190 g/mol. The lowest BCUT2D eigenvalue weighted by Crippen LogP contribution is -2.28. The van der Waals surface area contributed by atoms with Crippen LogP contribution < -0.4 is 16.2 Å². The second kappa shape index (κ2) is 4.44. The number of nitrogens with zero attached hydrogens (tertiary/aromatic N) is 3. The molecule has 0 spiro atoms. The first-order valence-corrected chi connectivity index (χ1v) is 5.02. The van der Waals surface area contributed by atoms with Crippen molar-refractivity contribution in [2.24, 2.45) is 5.84 Å². The van der Waals surface area contributed by atoms with E-state index in [0.29, 0.717) is 11.9 Å². The maximum Gasteiger partial charge on any atom is 0.148 e. The van der Waals surface area contributed by atoms with Gasteiger partial charge in [0.15, 0.2) is 0 Å². The van der Waals surface area contributed by atoms with Crippen LogP contribution in [0.1, 0.15) is 25.2 Å². The fourth-order valence-corrected chi connectivity index (χ4v) is 1.34. The first-order valence-electron chi connectivity index (χ1n) is 5.02. The van der Waals surface area contributed by atoms with Crippen LogP contribution in [0.5, 0.6) is 0 Å². The Balaban J connectivity index is 3.22. The minimum absolute atomic E-state index is 0.392. The number of rotatable bonds is 3. The summed E-state index contributed by atoms with van der Waals surface area (Å²) in [6.07, 6.45) is 0. The summed E-state index contributed by atoms with van der Waals surface area (Å²) >= 11 is 0. The smallest absolute Gasteiger partial charge is 0.148 e. The molecule has 0 saturated carbocycles. The Morgan fingerprint density at radius 3 is 2.33 bits per heavy atom. The van der Waals surface area contributed by atoms with Crippen molar-refractivity contribution in [3.8, 4) is 0 Å². The summed E-state index contributed by atoms with van der Waals surface area (Å²) in [6, 6.07) is 0.392. The first kappa shape index (κ1) is 11.7. The lowest BCUT2D eigenvalue weighted by molar-refractivity contribution is 0.735. The summed E-state index contributed by atoms with van der Waals surface area (Å²) in [6.45, 7) is 8.06. The Morgan fingerprint density at radius 1 is 1.27 bits per heavy atom. The van der Waals surface area contributed by atoms with Crippen LogP contribution in [0.2, 0.25) is 0 Å². The van der Waals surface area contributed by atoms with Crippen molar-refractivity contribution in [3.05, 3.63) is 11.4 Å². The highest BCUT2D eigenvalue weighted by molar-refractivity contribution is 5.58. The monoisotopic (exact) mass is 209 g/mol. The van der Waals surface area contributed by atoms with Crippen LogP contribution in [0.25, 0.3) is 0 Å². The minimum atomic E-state index is 0.392. The topological polar surface area (TPSA) is 67.1 Å². The number of anilines is 2. The van der Waals surface area contributed by atoms with Gasteiger partial charge in [-0.05, 0) is 27.7 Å². The van der Waals surface area contributed by atoms with Crippen LogP contribution in [0, 0.1) is 13.8 Å². The molecule has 84 valence electrons. The Labute approximate surface area is 90.7 Å². The Bertz CT molecular complexity index is 348. The number of hydrogen-bond acceptors (Lipinski definition) is 5. The van der Waals surface area contributed by atoms with Gasteiger partial charge in [0.1, 0.15) is 17.5 Å². The largest absolute Gasteiger partial charge is 0.357 e. The van der Waals surface area contributed by atoms with E-state index >= 15 is 0 Å². The van der Waals surface area contributed by atoms with Crippen molar-refractivity contribution < 1.29 is 0 Å². The first-order chi connectivity index (χ1) is 6.97. The van der Waals surface area contributed by atoms with Crippen LogP contribution >= 0.6 is 0 Å². The summed E-state index contributed by atoms with van der Waals surface area (Å²) in [4.78, 5) is 10.7. The van der Waals surface area contributed by atoms with E-state index in [-0.39, 0.29) is 0 Å². The summed E-state index contributed by atoms with van der Waals surface area (Å²) in [5.74, 6) is 7.73. The van der Waals surface area contributed by atoms with Crippen LogP contribution in [-0.2, 0) is 0 Å². The lowest BCUT2D eigenvalue weighted by atomic mass is 10.2. The van der Waals surface area contributed by atoms with Gasteiger partial charge in [0.25, 0.3) is 0 Å². The molecule has 1 aromatic rings. The van der Waals surface area contributed by atoms with Crippen molar-refractivity contribution in [2.75, 3.05) is 17.4 Å². The molecule has 0 bridgehead atoms. The average molecular weight is 209 g/mol. The third-order valence-electron chi connectivity index (χ3n) is 2.48. The molecule has 1 heterocycles. The van der Waals surface area contributed by atoms with Crippen molar-refractivity contribution in [3.63, 3.8) is 0 Å². The average Bonchev–Trinajstić information content (AvgIpc) is 2.19. The molecule has 1 aromatic heterocycles. The molecular formula is C10H19N5. The molecule has 0 saturated heterocycles. The fraction of sp³-hybridized carbons (Fsp3) is 0.600. The second-order valence-corrected chi connectivity index (χ2v) is 3.92. The molecule has 0 aliphatic rings. The van der Waals surface area contributed by atoms with Crippen LogP contribution in [0.3, 0.4) is 0 Å². The SMILES string of the molecule is Cc1nc(NN)c(C)c(N(C)C(C)C)n1. The van der Waals surface area contributed by atoms with E-state index in [2.05, 4.69) is 34.1 Å². The number of hydrazine groups is 1. The van der Waals surface area contributed by atoms with E-state index in [1.807, 2.05) is 20.9 Å². The van der Waals surface area contributed by atoms with Gasteiger partial charge in [-0.3, -0.25) is 0 Å². The quantitative estimate of drug-likeness (QED) is 0.579. The van der Waals surface area contributed by atoms with Crippen LogP contribution in [0.15, 0.2) is 0 Å². The van der Waals surface area contributed by atoms with Crippen molar-refractivity contribution in [2.45, 2.75) is 33.7 Å². The van der Waals surface area contributed by atoms with E-state index in [1.165, 1.54) is 0 Å². The second-order valence-electron chi connectivity index (χ2n) is 3.92. The van der Waals surface area contributed by atoms with E-state index in [1.54, 1.807) is 0 Å². The molecule has 0 atom stereocenters. The van der Waals surface area contributed by atoms with E-state index in [4.69, 9.17) is 5.84 Å². The predicted octanol–water partition coefficient (Wildman–Crippen LogP) is 1.22. The molecule has 15 heavy (non-hydrogen) atoms. The number of nitrogens with two attached hydrogens (primary N) is 1. The molecule has 0 unspecified atom stereocenters. The molecule has 0 aromatic carbocycles. The normalized spacial score (nSPS) is 10.6. The highest BCUT2D eigenvalue weighted by atomic mass is 15.3. The van der Waals surface area contributed by atoms with Gasteiger partial charge in [0.2, 0.25) is 0 Å². The van der Waals surface area contributed by atoms with Gasteiger partial charge < -0.3 is 10.3 Å². The molecule has 1 rings (SSSR count). The fourth-order valence-electron chi connectivity index (χ4n) is 1.34. The Kier molecular flexibility index (Phi) is 3.47. The van der Waals surface area contributed by atoms with Gasteiger partial charge in [-0.1, -0.05) is 0 Å². The molecule has 5 heteroatoms.